The Bertz CT molecular complexity index is 567. The number of nitrogens with one attached hydrogen (secondary N) is 1. The molecule has 0 aliphatic carbocycles. The van der Waals surface area contributed by atoms with Gasteiger partial charge in [-0.25, -0.2) is 4.39 Å². The smallest absolute Gasteiger partial charge is 0.193 e. The Morgan fingerprint density at radius 2 is 2.08 bits per heavy atom. The summed E-state index contributed by atoms with van der Waals surface area (Å²) in [5, 5.41) is 3.34. The van der Waals surface area contributed by atoms with Gasteiger partial charge < -0.3 is 19.7 Å². The lowest BCUT2D eigenvalue weighted by Gasteiger charge is -2.37. The summed E-state index contributed by atoms with van der Waals surface area (Å²) in [5.74, 6) is 0.691. The molecule has 5 nitrogen and oxygen atoms in total. The monoisotopic (exact) mass is 463 g/mol. The second-order valence-corrected chi connectivity index (χ2v) is 6.22. The average molecular weight is 463 g/mol. The van der Waals surface area contributed by atoms with Gasteiger partial charge in [0.05, 0.1) is 12.7 Å². The molecule has 2 unspecified atom stereocenters. The predicted octanol–water partition coefficient (Wildman–Crippen LogP) is 2.44. The Morgan fingerprint density at radius 1 is 1.28 bits per heavy atom. The van der Waals surface area contributed by atoms with E-state index in [9.17, 15) is 4.39 Å². The Morgan fingerprint density at radius 3 is 2.80 bits per heavy atom. The molecule has 2 aliphatic heterocycles. The quantitative estimate of drug-likeness (QED) is 0.424. The number of rotatable bonds is 4. The summed E-state index contributed by atoms with van der Waals surface area (Å²) < 4.78 is 25.3. The van der Waals surface area contributed by atoms with Crippen LogP contribution in [0.3, 0.4) is 0 Å². The third kappa shape index (κ3) is 5.52. The maximum atomic E-state index is 13.7. The minimum atomic E-state index is -0.154. The van der Waals surface area contributed by atoms with Gasteiger partial charge in [0, 0.05) is 33.3 Å². The van der Waals surface area contributed by atoms with Crippen molar-refractivity contribution in [2.24, 2.45) is 4.99 Å². The molecule has 140 valence electrons. The molecule has 3 rings (SSSR count). The van der Waals surface area contributed by atoms with Crippen LogP contribution in [0.1, 0.15) is 18.4 Å². The number of aliphatic imine (C=N–C) groups is 1. The van der Waals surface area contributed by atoms with Crippen molar-refractivity contribution >= 4 is 29.9 Å². The molecule has 0 bridgehead atoms. The van der Waals surface area contributed by atoms with Crippen molar-refractivity contribution in [3.05, 3.63) is 35.6 Å². The van der Waals surface area contributed by atoms with E-state index < -0.39 is 0 Å². The van der Waals surface area contributed by atoms with E-state index in [2.05, 4.69) is 15.2 Å². The molecule has 0 radical (unpaired) electrons. The SMILES string of the molecule is CN=C(NCCc1ccccc1F)N1CCOC(C2CCCO2)C1.I. The van der Waals surface area contributed by atoms with E-state index in [0.29, 0.717) is 19.6 Å². The minimum Gasteiger partial charge on any atom is -0.375 e. The maximum absolute atomic E-state index is 13.7. The molecule has 0 spiro atoms. The van der Waals surface area contributed by atoms with E-state index >= 15 is 0 Å². The first-order valence-corrected chi connectivity index (χ1v) is 8.70. The number of halogens is 2. The summed E-state index contributed by atoms with van der Waals surface area (Å²) in [7, 11) is 1.78. The molecule has 2 heterocycles. The lowest BCUT2D eigenvalue weighted by Crippen LogP contribution is -2.53. The van der Waals surface area contributed by atoms with Crippen molar-refractivity contribution in [2.45, 2.75) is 31.5 Å². The third-order valence-electron chi connectivity index (χ3n) is 4.62. The van der Waals surface area contributed by atoms with Crippen LogP contribution < -0.4 is 5.32 Å². The van der Waals surface area contributed by atoms with Gasteiger partial charge in [0.2, 0.25) is 0 Å². The van der Waals surface area contributed by atoms with Crippen molar-refractivity contribution in [2.75, 3.05) is 39.9 Å². The largest absolute Gasteiger partial charge is 0.375 e. The Hall–Kier alpha value is -0.930. The zero-order chi connectivity index (χ0) is 16.8. The molecule has 7 heteroatoms. The fourth-order valence-corrected chi connectivity index (χ4v) is 3.33. The third-order valence-corrected chi connectivity index (χ3v) is 4.62. The van der Waals surface area contributed by atoms with Gasteiger partial charge in [-0.05, 0) is 30.9 Å². The normalized spacial score (nSPS) is 24.1. The van der Waals surface area contributed by atoms with Gasteiger partial charge in [0.15, 0.2) is 5.96 Å². The first-order chi connectivity index (χ1) is 11.8. The van der Waals surface area contributed by atoms with Crippen LogP contribution in [0.5, 0.6) is 0 Å². The Labute approximate surface area is 166 Å². The van der Waals surface area contributed by atoms with E-state index in [4.69, 9.17) is 9.47 Å². The highest BCUT2D eigenvalue weighted by Crippen LogP contribution is 2.21. The van der Waals surface area contributed by atoms with Crippen LogP contribution in [0.25, 0.3) is 0 Å². The molecule has 2 saturated heterocycles. The molecule has 1 aromatic rings. The van der Waals surface area contributed by atoms with Crippen molar-refractivity contribution < 1.29 is 13.9 Å². The van der Waals surface area contributed by atoms with Gasteiger partial charge >= 0.3 is 0 Å². The molecule has 1 N–H and O–H groups in total. The van der Waals surface area contributed by atoms with E-state index in [1.807, 2.05) is 12.1 Å². The molecular weight excluding hydrogens is 436 g/mol. The molecule has 0 saturated carbocycles. The summed E-state index contributed by atoms with van der Waals surface area (Å²) in [6.07, 6.45) is 3.11. The van der Waals surface area contributed by atoms with E-state index in [0.717, 1.165) is 44.1 Å². The summed E-state index contributed by atoms with van der Waals surface area (Å²) in [5.41, 5.74) is 0.722. The molecule has 2 fully saturated rings. The highest BCUT2D eigenvalue weighted by molar-refractivity contribution is 14.0. The van der Waals surface area contributed by atoms with Gasteiger partial charge in [0.1, 0.15) is 11.9 Å². The Kier molecular flexibility index (Phi) is 8.38. The number of nitrogens with zero attached hydrogens (tertiary/aromatic N) is 2. The lowest BCUT2D eigenvalue weighted by molar-refractivity contribution is -0.0816. The molecular formula is C18H27FIN3O2. The highest BCUT2D eigenvalue weighted by atomic mass is 127. The number of guanidine groups is 1. The molecule has 0 amide bonds. The summed E-state index contributed by atoms with van der Waals surface area (Å²) in [6, 6.07) is 6.89. The summed E-state index contributed by atoms with van der Waals surface area (Å²) >= 11 is 0. The van der Waals surface area contributed by atoms with Gasteiger partial charge in [0.25, 0.3) is 0 Å². The maximum Gasteiger partial charge on any atom is 0.193 e. The molecule has 25 heavy (non-hydrogen) atoms. The lowest BCUT2D eigenvalue weighted by atomic mass is 10.1. The van der Waals surface area contributed by atoms with Gasteiger partial charge in [-0.2, -0.15) is 0 Å². The summed E-state index contributed by atoms with van der Waals surface area (Å²) in [4.78, 5) is 6.57. The number of benzene rings is 1. The Balaban J connectivity index is 0.00000225. The van der Waals surface area contributed by atoms with Crippen molar-refractivity contribution in [3.63, 3.8) is 0 Å². The van der Waals surface area contributed by atoms with Gasteiger partial charge in [-0.3, -0.25) is 4.99 Å². The predicted molar refractivity (Wildman–Crippen MR) is 107 cm³/mol. The molecule has 1 aromatic carbocycles. The second kappa shape index (κ2) is 10.3. The molecule has 0 aromatic heterocycles. The van der Waals surface area contributed by atoms with E-state index in [1.54, 1.807) is 13.1 Å². The zero-order valence-electron chi connectivity index (χ0n) is 14.6. The first-order valence-electron chi connectivity index (χ1n) is 8.70. The standard InChI is InChI=1S/C18H26FN3O2.HI/c1-20-18(21-9-8-14-5-2-3-6-15(14)19)22-10-12-24-17(13-22)16-7-4-11-23-16;/h2-3,5-6,16-17H,4,7-13H2,1H3,(H,20,21);1H. The van der Waals surface area contributed by atoms with Crippen molar-refractivity contribution in [3.8, 4) is 0 Å². The topological polar surface area (TPSA) is 46.1 Å². The van der Waals surface area contributed by atoms with Crippen LogP contribution in [0, 0.1) is 5.82 Å². The molecule has 2 atom stereocenters. The highest BCUT2D eigenvalue weighted by Gasteiger charge is 2.32. The van der Waals surface area contributed by atoms with Crippen LogP contribution in [-0.4, -0.2) is 63.0 Å². The second-order valence-electron chi connectivity index (χ2n) is 6.22. The van der Waals surface area contributed by atoms with Crippen molar-refractivity contribution in [1.29, 1.82) is 0 Å². The van der Waals surface area contributed by atoms with Crippen LogP contribution in [0.15, 0.2) is 29.3 Å². The fraction of sp³-hybridized carbons (Fsp3) is 0.611. The van der Waals surface area contributed by atoms with E-state index in [1.165, 1.54) is 6.07 Å². The number of ether oxygens (including phenoxy) is 2. The van der Waals surface area contributed by atoms with Crippen LogP contribution >= 0.6 is 24.0 Å². The van der Waals surface area contributed by atoms with E-state index in [-0.39, 0.29) is 42.0 Å². The summed E-state index contributed by atoms with van der Waals surface area (Å²) in [6.45, 7) is 3.75. The zero-order valence-corrected chi connectivity index (χ0v) is 16.9. The fourth-order valence-electron chi connectivity index (χ4n) is 3.33. The van der Waals surface area contributed by atoms with Gasteiger partial charge in [-0.15, -0.1) is 24.0 Å². The van der Waals surface area contributed by atoms with Crippen LogP contribution in [0.4, 0.5) is 4.39 Å². The number of morpholine rings is 1. The van der Waals surface area contributed by atoms with Crippen LogP contribution in [-0.2, 0) is 15.9 Å². The van der Waals surface area contributed by atoms with Crippen molar-refractivity contribution in [1.82, 2.24) is 10.2 Å². The molecule has 2 aliphatic rings. The average Bonchev–Trinajstić information content (AvgIpc) is 3.15. The number of hydrogen-bond acceptors (Lipinski definition) is 3. The minimum absolute atomic E-state index is 0. The number of hydrogen-bond donors (Lipinski definition) is 1. The van der Waals surface area contributed by atoms with Gasteiger partial charge in [-0.1, -0.05) is 18.2 Å². The first kappa shape index (κ1) is 20.4. The van der Waals surface area contributed by atoms with Crippen LogP contribution in [0.2, 0.25) is 0 Å².